The summed E-state index contributed by atoms with van der Waals surface area (Å²) in [6, 6.07) is 0.146. The van der Waals surface area contributed by atoms with E-state index < -0.39 is 10.0 Å². The Kier molecular flexibility index (Phi) is 4.34. The highest BCUT2D eigenvalue weighted by Crippen LogP contribution is 2.31. The molecule has 0 bridgehead atoms. The molecule has 1 N–H and O–H groups in total. The number of hydrogen-bond acceptors (Lipinski definition) is 3. The van der Waals surface area contributed by atoms with Crippen LogP contribution in [0.2, 0.25) is 0 Å². The van der Waals surface area contributed by atoms with E-state index in [9.17, 15) is 8.42 Å². The molecule has 2 saturated heterocycles. The van der Waals surface area contributed by atoms with Gasteiger partial charge in [0.05, 0.1) is 5.25 Å². The highest BCUT2D eigenvalue weighted by Gasteiger charge is 2.40. The van der Waals surface area contributed by atoms with Crippen molar-refractivity contribution in [2.75, 3.05) is 19.6 Å². The van der Waals surface area contributed by atoms with Gasteiger partial charge in [-0.2, -0.15) is 4.31 Å². The average Bonchev–Trinajstić information content (AvgIpc) is 2.34. The molecule has 0 aromatic rings. The van der Waals surface area contributed by atoms with Crippen molar-refractivity contribution in [2.45, 2.75) is 51.3 Å². The van der Waals surface area contributed by atoms with Gasteiger partial charge in [0.2, 0.25) is 10.0 Å². The fraction of sp³-hybridized carbons (Fsp3) is 1.00. The summed E-state index contributed by atoms with van der Waals surface area (Å²) in [6.45, 7) is 8.66. The molecule has 4 atom stereocenters. The number of piperidine rings is 2. The van der Waals surface area contributed by atoms with E-state index in [4.69, 9.17) is 0 Å². The van der Waals surface area contributed by atoms with Crippen LogP contribution in [0.5, 0.6) is 0 Å². The molecule has 0 amide bonds. The van der Waals surface area contributed by atoms with Crippen molar-refractivity contribution in [3.8, 4) is 0 Å². The van der Waals surface area contributed by atoms with Crippen LogP contribution in [0.3, 0.4) is 0 Å². The number of sulfonamides is 1. The van der Waals surface area contributed by atoms with Crippen LogP contribution >= 0.6 is 0 Å². The van der Waals surface area contributed by atoms with E-state index in [1.165, 1.54) is 0 Å². The van der Waals surface area contributed by atoms with E-state index in [-0.39, 0.29) is 11.3 Å². The largest absolute Gasteiger partial charge is 0.315 e. The number of nitrogens with one attached hydrogen (secondary N) is 1. The Hall–Kier alpha value is -0.130. The summed E-state index contributed by atoms with van der Waals surface area (Å²) in [5, 5.41) is 2.99. The molecule has 106 valence electrons. The molecule has 2 fully saturated rings. The molecular formula is C13H26N2O2S. The quantitative estimate of drug-likeness (QED) is 0.829. The molecule has 4 nitrogen and oxygen atoms in total. The number of hydrogen-bond donors (Lipinski definition) is 1. The Bertz CT molecular complexity index is 376. The molecule has 5 heteroatoms. The van der Waals surface area contributed by atoms with E-state index in [1.807, 2.05) is 0 Å². The maximum Gasteiger partial charge on any atom is 0.218 e. The Morgan fingerprint density at radius 1 is 1.22 bits per heavy atom. The summed E-state index contributed by atoms with van der Waals surface area (Å²) in [6.07, 6.45) is 2.91. The average molecular weight is 274 g/mol. The summed E-state index contributed by atoms with van der Waals surface area (Å²) in [5.41, 5.74) is 0. The molecule has 0 radical (unpaired) electrons. The van der Waals surface area contributed by atoms with Crippen LogP contribution in [0.1, 0.15) is 40.0 Å². The van der Waals surface area contributed by atoms with Crippen molar-refractivity contribution in [1.29, 1.82) is 0 Å². The third-order valence-corrected chi connectivity index (χ3v) is 6.92. The molecule has 2 heterocycles. The molecule has 4 unspecified atom stereocenters. The predicted octanol–water partition coefficient (Wildman–Crippen LogP) is 1.43. The van der Waals surface area contributed by atoms with Crippen molar-refractivity contribution in [3.05, 3.63) is 0 Å². The molecular weight excluding hydrogens is 248 g/mol. The molecule has 2 aliphatic rings. The zero-order valence-corrected chi connectivity index (χ0v) is 12.5. The lowest BCUT2D eigenvalue weighted by Crippen LogP contribution is -2.54. The minimum absolute atomic E-state index is 0.146. The standard InChI is InChI=1S/C13H26N2O2S/c1-10-7-11(2)12(3)15(9-10)18(16,17)13-5-4-6-14-8-13/h10-14H,4-9H2,1-3H3. The second-order valence-corrected chi connectivity index (χ2v) is 8.31. The van der Waals surface area contributed by atoms with Gasteiger partial charge in [0.15, 0.2) is 0 Å². The van der Waals surface area contributed by atoms with Gasteiger partial charge in [0.25, 0.3) is 0 Å². The number of nitrogens with zero attached hydrogens (tertiary/aromatic N) is 1. The zero-order chi connectivity index (χ0) is 13.3. The van der Waals surface area contributed by atoms with E-state index in [0.717, 1.165) is 25.8 Å². The Morgan fingerprint density at radius 2 is 1.94 bits per heavy atom. The van der Waals surface area contributed by atoms with E-state index in [1.54, 1.807) is 4.31 Å². The molecule has 0 spiro atoms. The molecule has 18 heavy (non-hydrogen) atoms. The molecule has 0 saturated carbocycles. The van der Waals surface area contributed by atoms with Gasteiger partial charge in [-0.1, -0.05) is 13.8 Å². The first-order valence-electron chi connectivity index (χ1n) is 7.14. The van der Waals surface area contributed by atoms with Crippen molar-refractivity contribution in [2.24, 2.45) is 11.8 Å². The normalized spacial score (nSPS) is 39.7. The van der Waals surface area contributed by atoms with Crippen LogP contribution in [-0.2, 0) is 10.0 Å². The van der Waals surface area contributed by atoms with Crippen molar-refractivity contribution >= 4 is 10.0 Å². The molecule has 0 aliphatic carbocycles. The second kappa shape index (κ2) is 5.47. The smallest absolute Gasteiger partial charge is 0.218 e. The molecule has 0 aromatic heterocycles. The SMILES string of the molecule is CC1CC(C)C(C)N(S(=O)(=O)C2CCCNC2)C1. The summed E-state index contributed by atoms with van der Waals surface area (Å²) < 4.78 is 27.2. The monoisotopic (exact) mass is 274 g/mol. The van der Waals surface area contributed by atoms with Gasteiger partial charge in [0.1, 0.15) is 0 Å². The summed E-state index contributed by atoms with van der Waals surface area (Å²) >= 11 is 0. The summed E-state index contributed by atoms with van der Waals surface area (Å²) in [5.74, 6) is 0.933. The van der Waals surface area contributed by atoms with Crippen LogP contribution in [0.25, 0.3) is 0 Å². The van der Waals surface area contributed by atoms with Crippen LogP contribution in [0, 0.1) is 11.8 Å². The van der Waals surface area contributed by atoms with Gasteiger partial charge < -0.3 is 5.32 Å². The fourth-order valence-electron chi connectivity index (χ4n) is 3.26. The minimum atomic E-state index is -3.13. The summed E-state index contributed by atoms with van der Waals surface area (Å²) in [4.78, 5) is 0. The first-order chi connectivity index (χ1) is 8.43. The lowest BCUT2D eigenvalue weighted by Gasteiger charge is -2.42. The van der Waals surface area contributed by atoms with Crippen LogP contribution in [0.15, 0.2) is 0 Å². The van der Waals surface area contributed by atoms with Gasteiger partial charge in [-0.05, 0) is 44.6 Å². The third kappa shape index (κ3) is 2.73. The fourth-order valence-corrected chi connectivity index (χ4v) is 5.57. The van der Waals surface area contributed by atoms with E-state index >= 15 is 0 Å². The third-order valence-electron chi connectivity index (χ3n) is 4.54. The van der Waals surface area contributed by atoms with Gasteiger partial charge in [0, 0.05) is 19.1 Å². The maximum atomic E-state index is 12.7. The number of rotatable bonds is 2. The molecule has 2 rings (SSSR count). The Morgan fingerprint density at radius 3 is 2.56 bits per heavy atom. The highest BCUT2D eigenvalue weighted by molar-refractivity contribution is 7.89. The van der Waals surface area contributed by atoms with E-state index in [2.05, 4.69) is 26.1 Å². The minimum Gasteiger partial charge on any atom is -0.315 e. The Balaban J connectivity index is 2.17. The van der Waals surface area contributed by atoms with Crippen molar-refractivity contribution < 1.29 is 8.42 Å². The first kappa shape index (κ1) is 14.3. The highest BCUT2D eigenvalue weighted by atomic mass is 32.2. The molecule has 0 aromatic carbocycles. The second-order valence-electron chi connectivity index (χ2n) is 6.14. The van der Waals surface area contributed by atoms with Gasteiger partial charge in [-0.3, -0.25) is 0 Å². The lowest BCUT2D eigenvalue weighted by molar-refractivity contribution is 0.155. The lowest BCUT2D eigenvalue weighted by atomic mass is 9.88. The van der Waals surface area contributed by atoms with Gasteiger partial charge >= 0.3 is 0 Å². The van der Waals surface area contributed by atoms with Gasteiger partial charge in [-0.15, -0.1) is 0 Å². The van der Waals surface area contributed by atoms with E-state index in [0.29, 0.717) is 24.9 Å². The topological polar surface area (TPSA) is 49.4 Å². The van der Waals surface area contributed by atoms with Crippen LogP contribution < -0.4 is 5.32 Å². The molecule has 2 aliphatic heterocycles. The first-order valence-corrected chi connectivity index (χ1v) is 8.64. The Labute approximate surface area is 111 Å². The van der Waals surface area contributed by atoms with Crippen molar-refractivity contribution in [3.63, 3.8) is 0 Å². The zero-order valence-electron chi connectivity index (χ0n) is 11.7. The van der Waals surface area contributed by atoms with Gasteiger partial charge in [-0.25, -0.2) is 8.42 Å². The summed E-state index contributed by atoms with van der Waals surface area (Å²) in [7, 11) is -3.13. The van der Waals surface area contributed by atoms with Crippen LogP contribution in [0.4, 0.5) is 0 Å². The van der Waals surface area contributed by atoms with Crippen LogP contribution in [-0.4, -0.2) is 43.6 Å². The maximum absolute atomic E-state index is 12.7. The van der Waals surface area contributed by atoms with Crippen molar-refractivity contribution in [1.82, 2.24) is 9.62 Å². The predicted molar refractivity (Wildman–Crippen MR) is 73.9 cm³/mol.